The Kier molecular flexibility index (Phi) is 6.07. The smallest absolute Gasteiger partial charge is 0.265 e. The van der Waals surface area contributed by atoms with Crippen molar-refractivity contribution in [3.63, 3.8) is 0 Å². The number of amides is 1. The summed E-state index contributed by atoms with van der Waals surface area (Å²) in [4.78, 5) is 12.2. The molecule has 8 heteroatoms. The number of sulfonamides is 1. The van der Waals surface area contributed by atoms with E-state index in [0.717, 1.165) is 10.7 Å². The van der Waals surface area contributed by atoms with Gasteiger partial charge in [0.05, 0.1) is 11.9 Å². The van der Waals surface area contributed by atoms with Gasteiger partial charge in [-0.1, -0.05) is 22.0 Å². The summed E-state index contributed by atoms with van der Waals surface area (Å²) >= 11 is 3.35. The second kappa shape index (κ2) is 7.88. The molecule has 134 valence electrons. The number of nitrogens with one attached hydrogen (secondary N) is 1. The molecule has 0 aliphatic rings. The van der Waals surface area contributed by atoms with Crippen LogP contribution >= 0.6 is 15.9 Å². The van der Waals surface area contributed by atoms with Gasteiger partial charge in [-0.05, 0) is 49.4 Å². The highest BCUT2D eigenvalue weighted by atomic mass is 79.9. The molecule has 1 atom stereocenters. The monoisotopic (exact) mass is 426 g/mol. The fourth-order valence-electron chi connectivity index (χ4n) is 1.99. The molecule has 0 bridgehead atoms. The van der Waals surface area contributed by atoms with Crippen LogP contribution in [0.2, 0.25) is 0 Å². The molecule has 1 amide bonds. The summed E-state index contributed by atoms with van der Waals surface area (Å²) in [5, 5.41) is 2.77. The number of rotatable bonds is 6. The summed E-state index contributed by atoms with van der Waals surface area (Å²) in [7, 11) is -1.85. The van der Waals surface area contributed by atoms with Gasteiger partial charge in [-0.2, -0.15) is 0 Å². The van der Waals surface area contributed by atoms with E-state index < -0.39 is 16.1 Å². The third-order valence-corrected chi connectivity index (χ3v) is 5.17. The number of ether oxygens (including phenoxy) is 1. The van der Waals surface area contributed by atoms with Gasteiger partial charge in [0.15, 0.2) is 6.10 Å². The van der Waals surface area contributed by atoms with E-state index in [2.05, 4.69) is 21.2 Å². The van der Waals surface area contributed by atoms with Gasteiger partial charge in [0, 0.05) is 17.2 Å². The number of nitrogens with zero attached hydrogens (tertiary/aromatic N) is 1. The molecule has 0 fully saturated rings. The zero-order chi connectivity index (χ0) is 18.6. The van der Waals surface area contributed by atoms with Crippen molar-refractivity contribution in [3.05, 3.63) is 53.0 Å². The number of carbonyl (C=O) groups excluding carboxylic acids is 1. The van der Waals surface area contributed by atoms with E-state index in [4.69, 9.17) is 4.74 Å². The Balaban J connectivity index is 2.00. The quantitative estimate of drug-likeness (QED) is 0.768. The Hall–Kier alpha value is -2.06. The first-order chi connectivity index (χ1) is 11.7. The molecule has 0 radical (unpaired) electrons. The molecule has 0 saturated carbocycles. The van der Waals surface area contributed by atoms with Crippen molar-refractivity contribution >= 4 is 43.2 Å². The van der Waals surface area contributed by atoms with Gasteiger partial charge in [0.2, 0.25) is 10.0 Å². The average molecular weight is 427 g/mol. The SMILES string of the molecule is CC(Oc1ccc(N(C)S(C)(=O)=O)cc1)C(=O)Nc1cccc(Br)c1. The van der Waals surface area contributed by atoms with Crippen molar-refractivity contribution in [2.24, 2.45) is 0 Å². The zero-order valence-electron chi connectivity index (χ0n) is 14.1. The zero-order valence-corrected chi connectivity index (χ0v) is 16.5. The number of carbonyl (C=O) groups is 1. The van der Waals surface area contributed by atoms with Crippen LogP contribution in [-0.4, -0.2) is 33.7 Å². The molecule has 0 saturated heterocycles. The molecule has 2 aromatic carbocycles. The molecule has 6 nitrogen and oxygen atoms in total. The number of benzene rings is 2. The van der Waals surface area contributed by atoms with E-state index >= 15 is 0 Å². The lowest BCUT2D eigenvalue weighted by molar-refractivity contribution is -0.122. The fourth-order valence-corrected chi connectivity index (χ4v) is 2.90. The number of halogens is 1. The average Bonchev–Trinajstić information content (AvgIpc) is 2.54. The summed E-state index contributed by atoms with van der Waals surface area (Å²) in [6.07, 6.45) is 0.420. The minimum absolute atomic E-state index is 0.282. The summed E-state index contributed by atoms with van der Waals surface area (Å²) in [5.41, 5.74) is 1.18. The van der Waals surface area contributed by atoms with Crippen molar-refractivity contribution in [2.45, 2.75) is 13.0 Å². The predicted molar refractivity (Wildman–Crippen MR) is 103 cm³/mol. The van der Waals surface area contributed by atoms with Gasteiger partial charge >= 0.3 is 0 Å². The van der Waals surface area contributed by atoms with E-state index in [1.165, 1.54) is 11.4 Å². The highest BCUT2D eigenvalue weighted by Crippen LogP contribution is 2.21. The largest absolute Gasteiger partial charge is 0.481 e. The standard InChI is InChI=1S/C17H19BrN2O4S/c1-12(17(21)19-14-6-4-5-13(18)11-14)24-16-9-7-15(8-10-16)20(2)25(3,22)23/h4-12H,1-3H3,(H,19,21). The number of hydrogen-bond donors (Lipinski definition) is 1. The highest BCUT2D eigenvalue weighted by molar-refractivity contribution is 9.10. The fraction of sp³-hybridized carbons (Fsp3) is 0.235. The third kappa shape index (κ3) is 5.47. The topological polar surface area (TPSA) is 75.7 Å². The van der Waals surface area contributed by atoms with Crippen LogP contribution in [0.5, 0.6) is 5.75 Å². The lowest BCUT2D eigenvalue weighted by atomic mass is 10.3. The van der Waals surface area contributed by atoms with E-state index in [9.17, 15) is 13.2 Å². The van der Waals surface area contributed by atoms with Crippen molar-refractivity contribution in [2.75, 3.05) is 22.9 Å². The maximum Gasteiger partial charge on any atom is 0.265 e. The Morgan fingerprint density at radius 3 is 2.40 bits per heavy atom. The van der Waals surface area contributed by atoms with E-state index in [-0.39, 0.29) is 5.91 Å². The van der Waals surface area contributed by atoms with Crippen LogP contribution in [0.15, 0.2) is 53.0 Å². The van der Waals surface area contributed by atoms with E-state index in [1.807, 2.05) is 12.1 Å². The summed E-state index contributed by atoms with van der Waals surface area (Å²) in [6, 6.07) is 13.8. The van der Waals surface area contributed by atoms with Crippen LogP contribution < -0.4 is 14.4 Å². The molecule has 0 aromatic heterocycles. The van der Waals surface area contributed by atoms with Gasteiger partial charge in [-0.15, -0.1) is 0 Å². The summed E-state index contributed by atoms with van der Waals surface area (Å²) < 4.78 is 30.7. The lowest BCUT2D eigenvalue weighted by Crippen LogP contribution is -2.30. The molecule has 2 aromatic rings. The van der Waals surface area contributed by atoms with Gasteiger partial charge < -0.3 is 10.1 Å². The maximum atomic E-state index is 12.2. The lowest BCUT2D eigenvalue weighted by Gasteiger charge is -2.18. The molecule has 0 aliphatic heterocycles. The number of hydrogen-bond acceptors (Lipinski definition) is 4. The minimum Gasteiger partial charge on any atom is -0.481 e. The molecular weight excluding hydrogens is 408 g/mol. The first-order valence-electron chi connectivity index (χ1n) is 7.44. The van der Waals surface area contributed by atoms with Crippen molar-refractivity contribution in [3.8, 4) is 5.75 Å². The normalized spacial score (nSPS) is 12.3. The maximum absolute atomic E-state index is 12.2. The molecule has 25 heavy (non-hydrogen) atoms. The number of anilines is 2. The van der Waals surface area contributed by atoms with Gasteiger partial charge in [0.25, 0.3) is 5.91 Å². The molecular formula is C17H19BrN2O4S. The van der Waals surface area contributed by atoms with Gasteiger partial charge in [-0.3, -0.25) is 9.10 Å². The minimum atomic E-state index is -3.32. The molecule has 1 unspecified atom stereocenters. The van der Waals surface area contributed by atoms with Crippen LogP contribution in [0.25, 0.3) is 0 Å². The summed E-state index contributed by atoms with van der Waals surface area (Å²) in [5.74, 6) is 0.193. The Morgan fingerprint density at radius 1 is 1.20 bits per heavy atom. The van der Waals surface area contributed by atoms with Crippen LogP contribution in [0.4, 0.5) is 11.4 Å². The Morgan fingerprint density at radius 2 is 1.84 bits per heavy atom. The van der Waals surface area contributed by atoms with Crippen LogP contribution in [0.3, 0.4) is 0 Å². The molecule has 2 rings (SSSR count). The van der Waals surface area contributed by atoms with Crippen molar-refractivity contribution in [1.29, 1.82) is 0 Å². The Bertz CT molecular complexity index is 853. The van der Waals surface area contributed by atoms with Crippen LogP contribution in [0, 0.1) is 0 Å². The second-order valence-electron chi connectivity index (χ2n) is 5.48. The first-order valence-corrected chi connectivity index (χ1v) is 10.1. The van der Waals surface area contributed by atoms with Crippen LogP contribution in [0.1, 0.15) is 6.92 Å². The van der Waals surface area contributed by atoms with E-state index in [0.29, 0.717) is 17.1 Å². The molecule has 0 spiro atoms. The van der Waals surface area contributed by atoms with E-state index in [1.54, 1.807) is 43.3 Å². The third-order valence-electron chi connectivity index (χ3n) is 3.47. The molecule has 0 aliphatic carbocycles. The van der Waals surface area contributed by atoms with Crippen LogP contribution in [-0.2, 0) is 14.8 Å². The van der Waals surface area contributed by atoms with Crippen molar-refractivity contribution < 1.29 is 17.9 Å². The highest BCUT2D eigenvalue weighted by Gasteiger charge is 2.16. The predicted octanol–water partition coefficient (Wildman–Crippen LogP) is 3.25. The molecule has 1 N–H and O–H groups in total. The molecule has 0 heterocycles. The van der Waals surface area contributed by atoms with Gasteiger partial charge in [0.1, 0.15) is 5.75 Å². The second-order valence-corrected chi connectivity index (χ2v) is 8.41. The summed E-state index contributed by atoms with van der Waals surface area (Å²) in [6.45, 7) is 1.64. The van der Waals surface area contributed by atoms with Crippen molar-refractivity contribution in [1.82, 2.24) is 0 Å². The Labute approximate surface area is 156 Å². The first kappa shape index (κ1) is 19.3. The van der Waals surface area contributed by atoms with Gasteiger partial charge in [-0.25, -0.2) is 8.42 Å².